The summed E-state index contributed by atoms with van der Waals surface area (Å²) in [5.41, 5.74) is 2.75. The molecule has 2 N–H and O–H groups in total. The Morgan fingerprint density at radius 3 is 3.04 bits per heavy atom. The summed E-state index contributed by atoms with van der Waals surface area (Å²) in [7, 11) is -3.20. The lowest BCUT2D eigenvalue weighted by Gasteiger charge is -2.35. The van der Waals surface area contributed by atoms with Crippen molar-refractivity contribution in [2.24, 2.45) is 0 Å². The van der Waals surface area contributed by atoms with Crippen molar-refractivity contribution >= 4 is 37.6 Å². The lowest BCUT2D eigenvalue weighted by atomic mass is 10.0. The summed E-state index contributed by atoms with van der Waals surface area (Å²) in [4.78, 5) is 14.2. The lowest BCUT2D eigenvalue weighted by molar-refractivity contribution is 0.468. The van der Waals surface area contributed by atoms with Crippen molar-refractivity contribution in [3.63, 3.8) is 0 Å². The predicted molar refractivity (Wildman–Crippen MR) is 94.6 cm³/mol. The van der Waals surface area contributed by atoms with Crippen LogP contribution in [-0.4, -0.2) is 48.8 Å². The van der Waals surface area contributed by atoms with Crippen LogP contribution in [0.2, 0.25) is 0 Å². The van der Waals surface area contributed by atoms with Crippen LogP contribution in [0.4, 0.5) is 5.69 Å². The Bertz CT molecular complexity index is 998. The van der Waals surface area contributed by atoms with Gasteiger partial charge in [0, 0.05) is 48.0 Å². The molecule has 0 aromatic carbocycles. The summed E-state index contributed by atoms with van der Waals surface area (Å²) in [6.45, 7) is 1.55. The molecule has 126 valence electrons. The highest BCUT2D eigenvalue weighted by molar-refractivity contribution is 7.88. The van der Waals surface area contributed by atoms with E-state index in [1.165, 1.54) is 6.26 Å². The zero-order valence-corrected chi connectivity index (χ0v) is 14.2. The fraction of sp³-hybridized carbons (Fsp3) is 0.375. The molecule has 1 aliphatic heterocycles. The Kier molecular flexibility index (Phi) is 3.65. The third kappa shape index (κ3) is 2.83. The number of hydrogen-bond acceptors (Lipinski definition) is 5. The second-order valence-electron chi connectivity index (χ2n) is 6.26. The monoisotopic (exact) mass is 345 g/mol. The average Bonchev–Trinajstić information content (AvgIpc) is 3.01. The Hall–Kier alpha value is -2.19. The molecule has 7 nitrogen and oxygen atoms in total. The fourth-order valence-electron chi connectivity index (χ4n) is 3.49. The van der Waals surface area contributed by atoms with Gasteiger partial charge in [-0.1, -0.05) is 0 Å². The molecule has 0 saturated carbocycles. The molecule has 4 heterocycles. The van der Waals surface area contributed by atoms with Crippen molar-refractivity contribution in [1.82, 2.24) is 19.7 Å². The third-order valence-corrected chi connectivity index (χ3v) is 5.17. The van der Waals surface area contributed by atoms with Crippen LogP contribution in [0.1, 0.15) is 12.8 Å². The normalized spacial score (nSPS) is 19.2. The molecule has 24 heavy (non-hydrogen) atoms. The van der Waals surface area contributed by atoms with Crippen LogP contribution < -0.4 is 9.62 Å². The molecule has 8 heteroatoms. The van der Waals surface area contributed by atoms with E-state index in [2.05, 4.69) is 24.6 Å². The van der Waals surface area contributed by atoms with Gasteiger partial charge in [0.05, 0.1) is 18.0 Å². The Balaban J connectivity index is 1.77. The van der Waals surface area contributed by atoms with E-state index in [1.54, 1.807) is 12.4 Å². The zero-order chi connectivity index (χ0) is 16.7. The Morgan fingerprint density at radius 1 is 1.33 bits per heavy atom. The number of nitrogens with zero attached hydrogens (tertiary/aromatic N) is 3. The van der Waals surface area contributed by atoms with Gasteiger partial charge in [0.25, 0.3) is 0 Å². The van der Waals surface area contributed by atoms with Gasteiger partial charge >= 0.3 is 0 Å². The van der Waals surface area contributed by atoms with E-state index in [0.717, 1.165) is 47.0 Å². The highest BCUT2D eigenvalue weighted by atomic mass is 32.2. The van der Waals surface area contributed by atoms with Gasteiger partial charge in [-0.25, -0.2) is 18.1 Å². The van der Waals surface area contributed by atoms with Crippen molar-refractivity contribution in [2.45, 2.75) is 18.9 Å². The molecule has 0 radical (unpaired) electrons. The van der Waals surface area contributed by atoms with E-state index >= 15 is 0 Å². The molecule has 0 spiro atoms. The minimum Gasteiger partial charge on any atom is -0.369 e. The van der Waals surface area contributed by atoms with Crippen LogP contribution in [0.15, 0.2) is 30.7 Å². The molecular formula is C16H19N5O2S. The van der Waals surface area contributed by atoms with Gasteiger partial charge in [0.1, 0.15) is 5.65 Å². The van der Waals surface area contributed by atoms with Crippen LogP contribution in [0.3, 0.4) is 0 Å². The maximum absolute atomic E-state index is 11.5. The summed E-state index contributed by atoms with van der Waals surface area (Å²) in [5.74, 6) is 0. The lowest BCUT2D eigenvalue weighted by Crippen LogP contribution is -2.47. The molecular weight excluding hydrogens is 326 g/mol. The molecule has 1 aliphatic rings. The van der Waals surface area contributed by atoms with Crippen molar-refractivity contribution in [2.75, 3.05) is 24.2 Å². The molecule has 1 atom stereocenters. The van der Waals surface area contributed by atoms with Gasteiger partial charge in [-0.15, -0.1) is 0 Å². The van der Waals surface area contributed by atoms with E-state index in [0.29, 0.717) is 6.54 Å². The average molecular weight is 345 g/mol. The van der Waals surface area contributed by atoms with E-state index < -0.39 is 10.0 Å². The SMILES string of the molecule is CS(=O)(=O)NC1CCCN(c2ccnc3cnc4[nH]ccc4c23)C1. The van der Waals surface area contributed by atoms with Gasteiger partial charge in [-0.3, -0.25) is 4.98 Å². The van der Waals surface area contributed by atoms with Gasteiger partial charge in [-0.05, 0) is 25.0 Å². The quantitative estimate of drug-likeness (QED) is 0.753. The Labute approximate surface area is 140 Å². The van der Waals surface area contributed by atoms with Gasteiger partial charge in [0.15, 0.2) is 0 Å². The maximum atomic E-state index is 11.5. The van der Waals surface area contributed by atoms with Gasteiger partial charge < -0.3 is 9.88 Å². The largest absolute Gasteiger partial charge is 0.369 e. The molecule has 4 rings (SSSR count). The number of fused-ring (bicyclic) bond motifs is 3. The number of H-pyrrole nitrogens is 1. The summed E-state index contributed by atoms with van der Waals surface area (Å²) >= 11 is 0. The molecule has 3 aromatic rings. The predicted octanol–water partition coefficient (Wildman–Crippen LogP) is 1.63. The summed E-state index contributed by atoms with van der Waals surface area (Å²) in [6, 6.07) is 3.93. The van der Waals surface area contributed by atoms with Crippen molar-refractivity contribution in [1.29, 1.82) is 0 Å². The smallest absolute Gasteiger partial charge is 0.209 e. The molecule has 1 unspecified atom stereocenters. The second kappa shape index (κ2) is 5.71. The van der Waals surface area contributed by atoms with Crippen LogP contribution in [-0.2, 0) is 10.0 Å². The fourth-order valence-corrected chi connectivity index (χ4v) is 4.29. The maximum Gasteiger partial charge on any atom is 0.209 e. The molecule has 0 bridgehead atoms. The minimum atomic E-state index is -3.20. The van der Waals surface area contributed by atoms with E-state index in [9.17, 15) is 8.42 Å². The number of piperidine rings is 1. The first-order chi connectivity index (χ1) is 11.5. The van der Waals surface area contributed by atoms with Crippen LogP contribution in [0, 0.1) is 0 Å². The summed E-state index contributed by atoms with van der Waals surface area (Å²) < 4.78 is 25.8. The van der Waals surface area contributed by atoms with Crippen molar-refractivity contribution < 1.29 is 8.42 Å². The first kappa shape index (κ1) is 15.3. The molecule has 0 amide bonds. The second-order valence-corrected chi connectivity index (χ2v) is 8.04. The van der Waals surface area contributed by atoms with Crippen LogP contribution in [0.25, 0.3) is 21.9 Å². The van der Waals surface area contributed by atoms with Crippen LogP contribution in [0.5, 0.6) is 0 Å². The standard InChI is InChI=1S/C16H19N5O2S/c1-24(22,23)20-11-3-2-8-21(10-11)14-5-7-17-13-9-19-16-12(15(13)14)4-6-18-16/h4-7,9,11,20H,2-3,8,10H2,1H3,(H,18,19). The molecule has 1 fully saturated rings. The number of sulfonamides is 1. The number of nitrogens with one attached hydrogen (secondary N) is 2. The van der Waals surface area contributed by atoms with Crippen LogP contribution >= 0.6 is 0 Å². The topological polar surface area (TPSA) is 91.0 Å². The molecule has 0 aliphatic carbocycles. The Morgan fingerprint density at radius 2 is 2.21 bits per heavy atom. The van der Waals surface area contributed by atoms with E-state index in [4.69, 9.17) is 0 Å². The first-order valence-corrected chi connectivity index (χ1v) is 9.83. The highest BCUT2D eigenvalue weighted by Gasteiger charge is 2.24. The molecule has 1 saturated heterocycles. The first-order valence-electron chi connectivity index (χ1n) is 7.94. The number of hydrogen-bond donors (Lipinski definition) is 2. The van der Waals surface area contributed by atoms with Crippen molar-refractivity contribution in [3.8, 4) is 0 Å². The number of aromatic amines is 1. The van der Waals surface area contributed by atoms with Gasteiger partial charge in [-0.2, -0.15) is 0 Å². The third-order valence-electron chi connectivity index (χ3n) is 4.41. The van der Waals surface area contributed by atoms with E-state index in [-0.39, 0.29) is 6.04 Å². The van der Waals surface area contributed by atoms with Crippen molar-refractivity contribution in [3.05, 3.63) is 30.7 Å². The zero-order valence-electron chi connectivity index (χ0n) is 13.4. The summed E-state index contributed by atoms with van der Waals surface area (Å²) in [6.07, 6.45) is 8.44. The number of anilines is 1. The number of aromatic nitrogens is 3. The van der Waals surface area contributed by atoms with Gasteiger partial charge in [0.2, 0.25) is 10.0 Å². The summed E-state index contributed by atoms with van der Waals surface area (Å²) in [5, 5.41) is 2.09. The number of rotatable bonds is 3. The minimum absolute atomic E-state index is 0.0690. The highest BCUT2D eigenvalue weighted by Crippen LogP contribution is 2.32. The number of pyridine rings is 2. The van der Waals surface area contributed by atoms with E-state index in [1.807, 2.05) is 18.3 Å². The molecule has 3 aromatic heterocycles.